The van der Waals surface area contributed by atoms with Crippen molar-refractivity contribution in [1.29, 1.82) is 0 Å². The van der Waals surface area contributed by atoms with Gasteiger partial charge in [0, 0.05) is 18.1 Å². The summed E-state index contributed by atoms with van der Waals surface area (Å²) < 4.78 is 0. The molecule has 0 bridgehead atoms. The van der Waals surface area contributed by atoms with E-state index in [2.05, 4.69) is 4.98 Å². The Morgan fingerprint density at radius 1 is 1.58 bits per heavy atom. The molecule has 0 saturated carbocycles. The molecule has 0 amide bonds. The summed E-state index contributed by atoms with van der Waals surface area (Å²) in [5.74, 6) is 1.06. The van der Waals surface area contributed by atoms with Crippen LogP contribution in [-0.2, 0) is 4.79 Å². The molecular formula is C9H9NOS. The van der Waals surface area contributed by atoms with Gasteiger partial charge in [0.15, 0.2) is 5.12 Å². The van der Waals surface area contributed by atoms with Gasteiger partial charge >= 0.3 is 0 Å². The lowest BCUT2D eigenvalue weighted by molar-refractivity contribution is -0.111. The molecule has 1 aromatic heterocycles. The minimum absolute atomic E-state index is 0.101. The third-order valence-corrected chi connectivity index (χ3v) is 3.03. The zero-order chi connectivity index (χ0) is 8.39. The Hall–Kier alpha value is -0.830. The highest BCUT2D eigenvalue weighted by Gasteiger charge is 2.26. The molecule has 1 aromatic rings. The fourth-order valence-electron chi connectivity index (χ4n) is 1.38. The number of carbonyl (C=O) groups is 1. The summed E-state index contributed by atoms with van der Waals surface area (Å²) in [5.41, 5.74) is 1.06. The average Bonchev–Trinajstić information content (AvgIpc) is 2.53. The first-order chi connectivity index (χ1) is 5.88. The second-order valence-corrected chi connectivity index (χ2v) is 3.89. The molecule has 1 aliphatic heterocycles. The predicted molar refractivity (Wildman–Crippen MR) is 49.1 cm³/mol. The topological polar surface area (TPSA) is 30.0 Å². The van der Waals surface area contributed by atoms with Crippen molar-refractivity contribution in [3.8, 4) is 0 Å². The Balaban J connectivity index is 2.25. The molecule has 2 rings (SSSR count). The zero-order valence-corrected chi connectivity index (χ0v) is 7.38. The number of thioether (sulfide) groups is 1. The summed E-state index contributed by atoms with van der Waals surface area (Å²) in [7, 11) is 0. The van der Waals surface area contributed by atoms with Gasteiger partial charge in [-0.25, -0.2) is 0 Å². The van der Waals surface area contributed by atoms with E-state index in [9.17, 15) is 4.79 Å². The fraction of sp³-hybridized carbons (Fsp3) is 0.333. The number of pyridine rings is 1. The minimum Gasteiger partial charge on any atom is -0.287 e. The van der Waals surface area contributed by atoms with Gasteiger partial charge in [0.2, 0.25) is 0 Å². The largest absolute Gasteiger partial charge is 0.287 e. The Kier molecular flexibility index (Phi) is 2.13. The van der Waals surface area contributed by atoms with Crippen molar-refractivity contribution in [3.63, 3.8) is 0 Å². The molecule has 1 atom stereocenters. The van der Waals surface area contributed by atoms with E-state index in [0.717, 1.165) is 17.7 Å². The van der Waals surface area contributed by atoms with E-state index in [1.165, 1.54) is 11.8 Å². The lowest BCUT2D eigenvalue weighted by Crippen LogP contribution is -2.02. The van der Waals surface area contributed by atoms with Crippen molar-refractivity contribution in [1.82, 2.24) is 4.98 Å². The summed E-state index contributed by atoms with van der Waals surface area (Å²) in [4.78, 5) is 15.3. The van der Waals surface area contributed by atoms with Crippen molar-refractivity contribution < 1.29 is 4.79 Å². The molecule has 2 nitrogen and oxygen atoms in total. The van der Waals surface area contributed by atoms with Crippen LogP contribution in [0.15, 0.2) is 24.5 Å². The standard InChI is InChI=1S/C9H9NOS/c11-9-8(3-5-12-9)7-2-1-4-10-6-7/h1-2,4,6,8H,3,5H2/t8-/m1/s1. The van der Waals surface area contributed by atoms with E-state index in [4.69, 9.17) is 0 Å². The highest BCUT2D eigenvalue weighted by molar-refractivity contribution is 8.14. The minimum atomic E-state index is 0.101. The summed E-state index contributed by atoms with van der Waals surface area (Å²) in [6.45, 7) is 0. The Morgan fingerprint density at radius 3 is 3.08 bits per heavy atom. The van der Waals surface area contributed by atoms with Crippen LogP contribution in [0.1, 0.15) is 17.9 Å². The van der Waals surface area contributed by atoms with Gasteiger partial charge in [-0.1, -0.05) is 17.8 Å². The number of hydrogen-bond acceptors (Lipinski definition) is 3. The van der Waals surface area contributed by atoms with Gasteiger partial charge in [-0.3, -0.25) is 9.78 Å². The molecule has 12 heavy (non-hydrogen) atoms. The SMILES string of the molecule is O=C1SCC[C@@H]1c1cccnc1. The molecule has 1 aliphatic rings. The van der Waals surface area contributed by atoms with E-state index < -0.39 is 0 Å². The smallest absolute Gasteiger partial charge is 0.196 e. The Bertz CT molecular complexity index is 286. The van der Waals surface area contributed by atoms with E-state index in [-0.39, 0.29) is 5.92 Å². The van der Waals surface area contributed by atoms with E-state index >= 15 is 0 Å². The first kappa shape index (κ1) is 7.80. The highest BCUT2D eigenvalue weighted by atomic mass is 32.2. The molecule has 3 heteroatoms. The number of carbonyl (C=O) groups excluding carboxylic acids is 1. The normalized spacial score (nSPS) is 23.0. The number of rotatable bonds is 1. The molecule has 0 radical (unpaired) electrons. The molecule has 1 fully saturated rings. The van der Waals surface area contributed by atoms with E-state index in [1.807, 2.05) is 12.1 Å². The van der Waals surface area contributed by atoms with Gasteiger partial charge in [0.1, 0.15) is 0 Å². The van der Waals surface area contributed by atoms with Gasteiger partial charge in [-0.2, -0.15) is 0 Å². The quantitative estimate of drug-likeness (QED) is 0.658. The Labute approximate surface area is 75.4 Å². The average molecular weight is 179 g/mol. The third kappa shape index (κ3) is 1.37. The molecule has 0 spiro atoms. The van der Waals surface area contributed by atoms with Crippen molar-refractivity contribution in [2.24, 2.45) is 0 Å². The lowest BCUT2D eigenvalue weighted by Gasteiger charge is -2.04. The number of aromatic nitrogens is 1. The number of hydrogen-bond donors (Lipinski definition) is 0. The molecule has 1 saturated heterocycles. The highest BCUT2D eigenvalue weighted by Crippen LogP contribution is 2.33. The summed E-state index contributed by atoms with van der Waals surface area (Å²) in [6.07, 6.45) is 4.49. The molecule has 62 valence electrons. The fourth-order valence-corrected chi connectivity index (χ4v) is 2.39. The second-order valence-electron chi connectivity index (χ2n) is 2.80. The van der Waals surface area contributed by atoms with Gasteiger partial charge in [-0.15, -0.1) is 0 Å². The van der Waals surface area contributed by atoms with Gasteiger partial charge in [-0.05, 0) is 18.1 Å². The van der Waals surface area contributed by atoms with Crippen molar-refractivity contribution in [2.75, 3.05) is 5.75 Å². The summed E-state index contributed by atoms with van der Waals surface area (Å²) in [5, 5.41) is 0.294. The Morgan fingerprint density at radius 2 is 2.50 bits per heavy atom. The zero-order valence-electron chi connectivity index (χ0n) is 6.56. The van der Waals surface area contributed by atoms with Crippen LogP contribution in [0.5, 0.6) is 0 Å². The van der Waals surface area contributed by atoms with Crippen LogP contribution in [0.3, 0.4) is 0 Å². The maximum absolute atomic E-state index is 11.3. The van der Waals surface area contributed by atoms with E-state index in [1.54, 1.807) is 12.4 Å². The molecular weight excluding hydrogens is 170 g/mol. The van der Waals surface area contributed by atoms with Gasteiger partial charge < -0.3 is 0 Å². The first-order valence-electron chi connectivity index (χ1n) is 3.94. The van der Waals surface area contributed by atoms with Crippen molar-refractivity contribution in [2.45, 2.75) is 12.3 Å². The van der Waals surface area contributed by atoms with Crippen LogP contribution in [0, 0.1) is 0 Å². The lowest BCUT2D eigenvalue weighted by atomic mass is 10.0. The van der Waals surface area contributed by atoms with Crippen molar-refractivity contribution >= 4 is 16.9 Å². The molecule has 0 aromatic carbocycles. The molecule has 0 N–H and O–H groups in total. The molecule has 0 unspecified atom stereocenters. The van der Waals surface area contributed by atoms with Crippen molar-refractivity contribution in [3.05, 3.63) is 30.1 Å². The van der Waals surface area contributed by atoms with Crippen LogP contribution >= 0.6 is 11.8 Å². The van der Waals surface area contributed by atoms with Crippen LogP contribution in [0.25, 0.3) is 0 Å². The van der Waals surface area contributed by atoms with Gasteiger partial charge in [0.25, 0.3) is 0 Å². The second kappa shape index (κ2) is 3.27. The maximum Gasteiger partial charge on any atom is 0.196 e. The summed E-state index contributed by atoms with van der Waals surface area (Å²) in [6, 6.07) is 3.85. The number of nitrogens with zero attached hydrogens (tertiary/aromatic N) is 1. The van der Waals surface area contributed by atoms with Gasteiger partial charge in [0.05, 0.1) is 5.92 Å². The van der Waals surface area contributed by atoms with Crippen LogP contribution < -0.4 is 0 Å². The van der Waals surface area contributed by atoms with Crippen LogP contribution in [0.4, 0.5) is 0 Å². The first-order valence-corrected chi connectivity index (χ1v) is 4.93. The predicted octanol–water partition coefficient (Wildman–Crippen LogP) is 1.83. The van der Waals surface area contributed by atoms with Crippen LogP contribution in [0.2, 0.25) is 0 Å². The monoisotopic (exact) mass is 179 g/mol. The third-order valence-electron chi connectivity index (χ3n) is 2.02. The van der Waals surface area contributed by atoms with E-state index in [0.29, 0.717) is 5.12 Å². The molecule has 2 heterocycles. The maximum atomic E-state index is 11.3. The molecule has 0 aliphatic carbocycles. The van der Waals surface area contributed by atoms with Crippen LogP contribution in [-0.4, -0.2) is 15.9 Å². The summed E-state index contributed by atoms with van der Waals surface area (Å²) >= 11 is 1.43.